The molecule has 38 heavy (non-hydrogen) atoms. The number of hydrazine groups is 1. The number of carbonyl (C=O) groups excluding carboxylic acids is 1. The van der Waals surface area contributed by atoms with Crippen molar-refractivity contribution in [3.8, 4) is 0 Å². The van der Waals surface area contributed by atoms with E-state index in [-0.39, 0.29) is 30.3 Å². The minimum Gasteiger partial charge on any atom is -0.335 e. The topological polar surface area (TPSA) is 78.2 Å². The third-order valence-corrected chi connectivity index (χ3v) is 10.6. The fourth-order valence-electron chi connectivity index (χ4n) is 8.06. The van der Waals surface area contributed by atoms with Crippen LogP contribution in [0.15, 0.2) is 0 Å². The van der Waals surface area contributed by atoms with E-state index in [1.165, 1.54) is 58.4 Å². The lowest BCUT2D eigenvalue weighted by molar-refractivity contribution is 0.0334. The first-order valence-electron chi connectivity index (χ1n) is 15.6. The van der Waals surface area contributed by atoms with Crippen LogP contribution >= 0.6 is 0 Å². The van der Waals surface area contributed by atoms with Crippen LogP contribution in [0.2, 0.25) is 0 Å². The number of likely N-dealkylation sites (N-methyl/N-ethyl adjacent to an activating group) is 1. The number of piperazine rings is 1. The minimum atomic E-state index is -0.805. The van der Waals surface area contributed by atoms with Crippen LogP contribution in [0.25, 0.3) is 0 Å². The molecule has 6 fully saturated rings. The number of nitrogens with zero attached hydrogens (tertiary/aromatic N) is 4. The fourth-order valence-corrected chi connectivity index (χ4v) is 8.06. The van der Waals surface area contributed by atoms with Crippen molar-refractivity contribution in [3.63, 3.8) is 0 Å². The zero-order valence-corrected chi connectivity index (χ0v) is 23.4. The molecule has 9 nitrogen and oxygen atoms in total. The van der Waals surface area contributed by atoms with Gasteiger partial charge in [0.05, 0.1) is 0 Å². The minimum absolute atomic E-state index is 0.0461. The number of fused-ring (bicyclic) bond motifs is 1. The van der Waals surface area contributed by atoms with Crippen LogP contribution in [-0.2, 0) is 0 Å². The second kappa shape index (κ2) is 12.2. The number of halogens is 1. The molecule has 0 bridgehead atoms. The second-order valence-electron chi connectivity index (χ2n) is 13.2. The van der Waals surface area contributed by atoms with Gasteiger partial charge in [0.15, 0.2) is 0 Å². The summed E-state index contributed by atoms with van der Waals surface area (Å²) in [7, 11) is 2.23. The van der Waals surface area contributed by atoms with E-state index in [9.17, 15) is 4.79 Å². The monoisotopic (exact) mass is 534 g/mol. The van der Waals surface area contributed by atoms with Gasteiger partial charge in [0.25, 0.3) is 0 Å². The molecule has 4 aliphatic heterocycles. The van der Waals surface area contributed by atoms with Gasteiger partial charge in [-0.25, -0.2) is 19.6 Å². The lowest BCUT2D eigenvalue weighted by Crippen LogP contribution is -2.66. The molecule has 2 aliphatic carbocycles. The second-order valence-corrected chi connectivity index (χ2v) is 13.2. The molecule has 4 saturated heterocycles. The fraction of sp³-hybridized carbons (Fsp3) is 0.964. The van der Waals surface area contributed by atoms with Crippen molar-refractivity contribution in [2.75, 3.05) is 66.0 Å². The average Bonchev–Trinajstić information content (AvgIpc) is 3.62. The summed E-state index contributed by atoms with van der Waals surface area (Å²) in [6.07, 6.45) is 8.75. The SMILES string of the molecule is CN1CCN(CC2CCC(C3CNC4NC(C5CC(NC(=O)N6CCCC6)CCC5F)CN4N3)CC2)CC1. The molecule has 10 heteroatoms. The van der Waals surface area contributed by atoms with E-state index in [0.717, 1.165) is 57.8 Å². The summed E-state index contributed by atoms with van der Waals surface area (Å²) in [4.78, 5) is 19.7. The molecular weight excluding hydrogens is 483 g/mol. The number of rotatable bonds is 5. The molecule has 0 aromatic heterocycles. The Morgan fingerprint density at radius 2 is 1.71 bits per heavy atom. The van der Waals surface area contributed by atoms with Crippen LogP contribution in [0.3, 0.4) is 0 Å². The first-order chi connectivity index (χ1) is 18.5. The van der Waals surface area contributed by atoms with Crippen LogP contribution in [0.4, 0.5) is 9.18 Å². The number of urea groups is 1. The number of hydrogen-bond acceptors (Lipinski definition) is 7. The van der Waals surface area contributed by atoms with Crippen molar-refractivity contribution in [2.45, 2.75) is 88.4 Å². The van der Waals surface area contributed by atoms with Crippen LogP contribution in [0.5, 0.6) is 0 Å². The van der Waals surface area contributed by atoms with Gasteiger partial charge in [-0.2, -0.15) is 0 Å². The Labute approximate surface area is 228 Å². The zero-order valence-electron chi connectivity index (χ0n) is 23.4. The Hall–Kier alpha value is -1.04. The molecule has 0 spiro atoms. The quantitative estimate of drug-likeness (QED) is 0.425. The van der Waals surface area contributed by atoms with E-state index in [2.05, 4.69) is 43.2 Å². The Kier molecular flexibility index (Phi) is 8.73. The summed E-state index contributed by atoms with van der Waals surface area (Å²) in [6.45, 7) is 9.62. The van der Waals surface area contributed by atoms with Crippen LogP contribution in [0.1, 0.15) is 57.8 Å². The van der Waals surface area contributed by atoms with E-state index < -0.39 is 6.17 Å². The normalized spacial score (nSPS) is 41.8. The predicted octanol–water partition coefficient (Wildman–Crippen LogP) is 1.39. The van der Waals surface area contributed by atoms with E-state index >= 15 is 4.39 Å². The van der Waals surface area contributed by atoms with Crippen LogP contribution in [-0.4, -0.2) is 122 Å². The third-order valence-electron chi connectivity index (χ3n) is 10.6. The van der Waals surface area contributed by atoms with Gasteiger partial charge in [-0.05, 0) is 76.7 Å². The van der Waals surface area contributed by atoms with Gasteiger partial charge >= 0.3 is 6.03 Å². The van der Waals surface area contributed by atoms with Gasteiger partial charge in [-0.15, -0.1) is 0 Å². The zero-order chi connectivity index (χ0) is 26.1. The summed E-state index contributed by atoms with van der Waals surface area (Å²) in [5.41, 5.74) is 3.84. The number of carbonyl (C=O) groups is 1. The molecule has 0 aromatic carbocycles. The standard InChI is InChI=1S/C28H51FN8O/c1-34-12-14-35(15-13-34)18-20-4-6-21(7-5-20)25-17-30-27-32-26(19-37(27)33-25)23-16-22(8-9-24(23)29)31-28(38)36-10-2-3-11-36/h20-27,30,32-33H,2-19H2,1H3,(H,31,38). The van der Waals surface area contributed by atoms with Crippen molar-refractivity contribution < 1.29 is 9.18 Å². The number of hydrogen-bond donors (Lipinski definition) is 4. The number of alkyl halides is 1. The highest BCUT2D eigenvalue weighted by Gasteiger charge is 2.45. The third kappa shape index (κ3) is 6.31. The molecule has 6 atom stereocenters. The van der Waals surface area contributed by atoms with E-state index in [1.54, 1.807) is 0 Å². The summed E-state index contributed by atoms with van der Waals surface area (Å²) in [5.74, 6) is 1.49. The molecule has 0 radical (unpaired) electrons. The highest BCUT2D eigenvalue weighted by molar-refractivity contribution is 5.74. The van der Waals surface area contributed by atoms with E-state index in [1.807, 2.05) is 4.90 Å². The van der Waals surface area contributed by atoms with Gasteiger partial charge in [-0.1, -0.05) is 0 Å². The van der Waals surface area contributed by atoms with Crippen molar-refractivity contribution in [3.05, 3.63) is 0 Å². The highest BCUT2D eigenvalue weighted by atomic mass is 19.1. The predicted molar refractivity (Wildman–Crippen MR) is 147 cm³/mol. The molecule has 2 amide bonds. The molecule has 216 valence electrons. The number of likely N-dealkylation sites (tertiary alicyclic amines) is 1. The average molecular weight is 535 g/mol. The molecule has 0 aromatic rings. The summed E-state index contributed by atoms with van der Waals surface area (Å²) < 4.78 is 15.2. The van der Waals surface area contributed by atoms with E-state index in [0.29, 0.717) is 18.4 Å². The van der Waals surface area contributed by atoms with Crippen LogP contribution in [0, 0.1) is 17.8 Å². The summed E-state index contributed by atoms with van der Waals surface area (Å²) in [6, 6.07) is 0.676. The lowest BCUT2D eigenvalue weighted by atomic mass is 9.78. The number of nitrogens with one attached hydrogen (secondary N) is 4. The van der Waals surface area contributed by atoms with Gasteiger partial charge in [0.2, 0.25) is 0 Å². The maximum Gasteiger partial charge on any atom is 0.317 e. The Morgan fingerprint density at radius 1 is 0.947 bits per heavy atom. The van der Waals surface area contributed by atoms with Crippen molar-refractivity contribution in [1.29, 1.82) is 0 Å². The number of amides is 2. The largest absolute Gasteiger partial charge is 0.335 e. The molecule has 4 heterocycles. The van der Waals surface area contributed by atoms with Crippen molar-refractivity contribution in [2.24, 2.45) is 17.8 Å². The summed E-state index contributed by atoms with van der Waals surface area (Å²) >= 11 is 0. The molecule has 6 rings (SSSR count). The van der Waals surface area contributed by atoms with E-state index in [4.69, 9.17) is 0 Å². The first kappa shape index (κ1) is 27.1. The smallest absolute Gasteiger partial charge is 0.317 e. The maximum absolute atomic E-state index is 15.2. The van der Waals surface area contributed by atoms with Gasteiger partial charge in [0, 0.05) is 82.9 Å². The molecule has 4 N–H and O–H groups in total. The maximum atomic E-state index is 15.2. The van der Waals surface area contributed by atoms with Gasteiger partial charge in [-0.3, -0.25) is 10.6 Å². The van der Waals surface area contributed by atoms with Gasteiger partial charge in [0.1, 0.15) is 12.5 Å². The Balaban J connectivity index is 0.956. The lowest BCUT2D eigenvalue weighted by Gasteiger charge is -2.43. The Morgan fingerprint density at radius 3 is 2.47 bits per heavy atom. The first-order valence-corrected chi connectivity index (χ1v) is 15.6. The molecule has 6 aliphatic rings. The molecular formula is C28H51FN8O. The highest BCUT2D eigenvalue weighted by Crippen LogP contribution is 2.35. The molecule has 2 saturated carbocycles. The van der Waals surface area contributed by atoms with Crippen molar-refractivity contribution in [1.82, 2.24) is 41.1 Å². The Bertz CT molecular complexity index is 783. The van der Waals surface area contributed by atoms with Crippen molar-refractivity contribution >= 4 is 6.03 Å². The van der Waals surface area contributed by atoms with Gasteiger partial charge < -0.3 is 20.0 Å². The van der Waals surface area contributed by atoms with Crippen LogP contribution < -0.4 is 21.4 Å². The summed E-state index contributed by atoms with van der Waals surface area (Å²) in [5, 5.41) is 12.9. The molecule has 6 unspecified atom stereocenters.